The quantitative estimate of drug-likeness (QED) is 0.426. The number of benzene rings is 2. The first kappa shape index (κ1) is 19.5. The van der Waals surface area contributed by atoms with Crippen molar-refractivity contribution >= 4 is 37.5 Å². The number of hydrogen-bond acceptors (Lipinski definition) is 6. The number of hydrogen-bond donors (Lipinski definition) is 0. The van der Waals surface area contributed by atoms with E-state index in [4.69, 9.17) is 4.74 Å². The third kappa shape index (κ3) is 4.91. The Morgan fingerprint density at radius 3 is 2.56 bits per heavy atom. The molecule has 0 unspecified atom stereocenters. The average molecular weight is 405 g/mol. The van der Waals surface area contributed by atoms with Gasteiger partial charge in [-0.05, 0) is 30.7 Å². The first-order valence-corrected chi connectivity index (χ1v) is 10.7. The maximum atomic E-state index is 12.4. The number of aryl methyl sites for hydroxylation is 1. The minimum Gasteiger partial charge on any atom is -0.465 e. The van der Waals surface area contributed by atoms with Gasteiger partial charge in [0.15, 0.2) is 0 Å². The molecule has 0 aliphatic carbocycles. The molecule has 27 heavy (non-hydrogen) atoms. The largest absolute Gasteiger partial charge is 0.465 e. The highest BCUT2D eigenvalue weighted by Gasteiger charge is 2.23. The number of fused-ring (bicyclic) bond motifs is 1. The lowest BCUT2D eigenvalue weighted by Crippen LogP contribution is -2.33. The predicted molar refractivity (Wildman–Crippen MR) is 105 cm³/mol. The summed E-state index contributed by atoms with van der Waals surface area (Å²) in [5, 5.41) is 0.996. The molecular formula is C19H20N2O4S2. The first-order chi connectivity index (χ1) is 13.0. The zero-order valence-corrected chi connectivity index (χ0v) is 16.5. The van der Waals surface area contributed by atoms with Crippen molar-refractivity contribution in [2.45, 2.75) is 17.7 Å². The average Bonchev–Trinajstić information content (AvgIpc) is 3.08. The van der Waals surface area contributed by atoms with Crippen LogP contribution in [-0.4, -0.2) is 43.9 Å². The monoisotopic (exact) mass is 404 g/mol. The van der Waals surface area contributed by atoms with Gasteiger partial charge in [0, 0.05) is 13.5 Å². The van der Waals surface area contributed by atoms with E-state index in [9.17, 15) is 13.2 Å². The number of likely N-dealkylation sites (N-methyl/N-ethyl adjacent to an activating group) is 1. The first-order valence-electron chi connectivity index (χ1n) is 8.48. The maximum absolute atomic E-state index is 12.4. The Hall–Kier alpha value is -2.29. The van der Waals surface area contributed by atoms with Crippen molar-refractivity contribution < 1.29 is 17.9 Å². The fourth-order valence-electron chi connectivity index (χ4n) is 2.52. The Morgan fingerprint density at radius 2 is 1.81 bits per heavy atom. The third-order valence-electron chi connectivity index (χ3n) is 3.94. The molecule has 8 heteroatoms. The smallest absolute Gasteiger partial charge is 0.321 e. The maximum Gasteiger partial charge on any atom is 0.321 e. The molecule has 3 aromatic rings. The van der Waals surface area contributed by atoms with Crippen LogP contribution in [0.5, 0.6) is 0 Å². The van der Waals surface area contributed by atoms with E-state index in [0.717, 1.165) is 19.5 Å². The van der Waals surface area contributed by atoms with Crippen LogP contribution in [0.1, 0.15) is 11.4 Å². The zero-order valence-electron chi connectivity index (χ0n) is 14.9. The fraction of sp³-hybridized carbons (Fsp3) is 0.263. The Morgan fingerprint density at radius 1 is 1.11 bits per heavy atom. The molecule has 0 bridgehead atoms. The van der Waals surface area contributed by atoms with Crippen LogP contribution in [0.2, 0.25) is 0 Å². The van der Waals surface area contributed by atoms with Gasteiger partial charge in [-0.15, -0.1) is 11.3 Å². The van der Waals surface area contributed by atoms with Gasteiger partial charge in [-0.3, -0.25) is 4.79 Å². The highest BCUT2D eigenvalue weighted by molar-refractivity contribution is 7.89. The molecule has 0 saturated carbocycles. The van der Waals surface area contributed by atoms with Crippen LogP contribution in [0.25, 0.3) is 10.2 Å². The molecule has 0 amide bonds. The van der Waals surface area contributed by atoms with Gasteiger partial charge < -0.3 is 4.74 Å². The summed E-state index contributed by atoms with van der Waals surface area (Å²) in [5.41, 5.74) is 0.974. The second kappa shape index (κ2) is 8.60. The minimum atomic E-state index is -3.70. The lowest BCUT2D eigenvalue weighted by Gasteiger charge is -2.16. The second-order valence-corrected chi connectivity index (χ2v) is 9.13. The molecule has 2 aromatic carbocycles. The van der Waals surface area contributed by atoms with Crippen molar-refractivity contribution in [1.29, 1.82) is 0 Å². The van der Waals surface area contributed by atoms with Gasteiger partial charge in [0.1, 0.15) is 6.54 Å². The standard InChI is InChI=1S/C19H20N2O4S2/c1-21(27(23,24)15-8-3-2-4-9-15)14-19(22)25-13-7-12-18-20-16-10-5-6-11-17(16)26-18/h2-6,8-11H,7,12-14H2,1H3. The summed E-state index contributed by atoms with van der Waals surface area (Å²) in [4.78, 5) is 16.6. The molecule has 0 aliphatic rings. The topological polar surface area (TPSA) is 76.6 Å². The van der Waals surface area contributed by atoms with E-state index < -0.39 is 16.0 Å². The Bertz CT molecular complexity index is 983. The summed E-state index contributed by atoms with van der Waals surface area (Å²) in [6.45, 7) is -0.0909. The number of sulfonamides is 1. The van der Waals surface area contributed by atoms with E-state index in [2.05, 4.69) is 4.98 Å². The fourth-order valence-corrected chi connectivity index (χ4v) is 4.67. The van der Waals surface area contributed by atoms with E-state index in [-0.39, 0.29) is 18.0 Å². The summed E-state index contributed by atoms with van der Waals surface area (Å²) in [6.07, 6.45) is 1.35. The molecule has 0 radical (unpaired) electrons. The van der Waals surface area contributed by atoms with Crippen molar-refractivity contribution in [3.63, 3.8) is 0 Å². The van der Waals surface area contributed by atoms with Crippen LogP contribution < -0.4 is 0 Å². The number of aromatic nitrogens is 1. The molecule has 0 saturated heterocycles. The molecule has 142 valence electrons. The number of carbonyl (C=O) groups excluding carboxylic acids is 1. The molecule has 6 nitrogen and oxygen atoms in total. The van der Waals surface area contributed by atoms with Crippen LogP contribution in [-0.2, 0) is 26.0 Å². The molecule has 0 spiro atoms. The van der Waals surface area contributed by atoms with E-state index in [1.807, 2.05) is 24.3 Å². The van der Waals surface area contributed by atoms with Crippen molar-refractivity contribution in [2.24, 2.45) is 0 Å². The van der Waals surface area contributed by atoms with E-state index in [0.29, 0.717) is 12.8 Å². The minimum absolute atomic E-state index is 0.149. The van der Waals surface area contributed by atoms with Crippen molar-refractivity contribution in [2.75, 3.05) is 20.2 Å². The van der Waals surface area contributed by atoms with Gasteiger partial charge in [-0.25, -0.2) is 13.4 Å². The van der Waals surface area contributed by atoms with Gasteiger partial charge in [0.2, 0.25) is 10.0 Å². The predicted octanol–water partition coefficient (Wildman–Crippen LogP) is 3.09. The Labute approximate surface area is 162 Å². The molecule has 0 N–H and O–H groups in total. The molecule has 1 heterocycles. The molecule has 0 atom stereocenters. The number of para-hydroxylation sites is 1. The van der Waals surface area contributed by atoms with Crippen LogP contribution in [0.15, 0.2) is 59.5 Å². The molecule has 0 fully saturated rings. The lowest BCUT2D eigenvalue weighted by atomic mass is 10.3. The highest BCUT2D eigenvalue weighted by Crippen LogP contribution is 2.22. The summed E-state index contributed by atoms with van der Waals surface area (Å²) in [5.74, 6) is -0.568. The normalized spacial score (nSPS) is 11.8. The number of nitrogens with zero attached hydrogens (tertiary/aromatic N) is 2. The van der Waals surface area contributed by atoms with Gasteiger partial charge in [0.05, 0.1) is 26.7 Å². The van der Waals surface area contributed by atoms with E-state index in [1.165, 1.54) is 19.2 Å². The van der Waals surface area contributed by atoms with Crippen molar-refractivity contribution in [3.05, 3.63) is 59.6 Å². The van der Waals surface area contributed by atoms with Crippen molar-refractivity contribution in [1.82, 2.24) is 9.29 Å². The highest BCUT2D eigenvalue weighted by atomic mass is 32.2. The van der Waals surface area contributed by atoms with Crippen molar-refractivity contribution in [3.8, 4) is 0 Å². The molecule has 1 aromatic heterocycles. The summed E-state index contributed by atoms with van der Waals surface area (Å²) in [6, 6.07) is 15.9. The molecular weight excluding hydrogens is 384 g/mol. The van der Waals surface area contributed by atoms with E-state index in [1.54, 1.807) is 29.5 Å². The summed E-state index contributed by atoms with van der Waals surface area (Å²) < 4.78 is 32.1. The van der Waals surface area contributed by atoms with Crippen LogP contribution >= 0.6 is 11.3 Å². The van der Waals surface area contributed by atoms with Crippen LogP contribution in [0.3, 0.4) is 0 Å². The number of ether oxygens (including phenoxy) is 1. The number of thiazole rings is 1. The molecule has 0 aliphatic heterocycles. The van der Waals surface area contributed by atoms with Gasteiger partial charge >= 0.3 is 5.97 Å². The Balaban J connectivity index is 1.45. The number of rotatable bonds is 8. The zero-order chi connectivity index (χ0) is 19.3. The summed E-state index contributed by atoms with van der Waals surface area (Å²) in [7, 11) is -2.33. The van der Waals surface area contributed by atoms with Gasteiger partial charge in [-0.1, -0.05) is 30.3 Å². The number of carbonyl (C=O) groups is 1. The van der Waals surface area contributed by atoms with Gasteiger partial charge in [0.25, 0.3) is 0 Å². The SMILES string of the molecule is CN(CC(=O)OCCCc1nc2ccccc2s1)S(=O)(=O)c1ccccc1. The lowest BCUT2D eigenvalue weighted by molar-refractivity contribution is -0.143. The van der Waals surface area contributed by atoms with E-state index >= 15 is 0 Å². The third-order valence-corrected chi connectivity index (χ3v) is 6.85. The van der Waals surface area contributed by atoms with Crippen LogP contribution in [0, 0.1) is 0 Å². The van der Waals surface area contributed by atoms with Gasteiger partial charge in [-0.2, -0.15) is 4.31 Å². The number of esters is 1. The summed E-state index contributed by atoms with van der Waals surface area (Å²) >= 11 is 1.63. The van der Waals surface area contributed by atoms with Crippen LogP contribution in [0.4, 0.5) is 0 Å². The second-order valence-electron chi connectivity index (χ2n) is 5.97. The Kier molecular flexibility index (Phi) is 6.20. The molecule has 3 rings (SSSR count).